The Morgan fingerprint density at radius 1 is 1.31 bits per heavy atom. The highest BCUT2D eigenvalue weighted by Gasteiger charge is 2.18. The topological polar surface area (TPSA) is 17.0 Å². The highest BCUT2D eigenvalue weighted by atomic mass is 35.5. The van der Waals surface area contributed by atoms with Crippen molar-refractivity contribution in [1.29, 1.82) is 0 Å². The average Bonchev–Trinajstić information content (AvgIpc) is 2.54. The largest absolute Gasteiger partial charge is 0.330 e. The van der Waals surface area contributed by atoms with Gasteiger partial charge in [0, 0.05) is 24.0 Å². The molecule has 84 valence electrons. The number of rotatable bonds is 0. The van der Waals surface area contributed by atoms with Crippen molar-refractivity contribution in [3.05, 3.63) is 34.0 Å². The van der Waals surface area contributed by atoms with E-state index in [1.54, 1.807) is 0 Å². The van der Waals surface area contributed by atoms with Crippen molar-refractivity contribution in [2.75, 3.05) is 6.54 Å². The molecule has 2 nitrogen and oxygen atoms in total. The van der Waals surface area contributed by atoms with Gasteiger partial charge in [0.05, 0.1) is 17.2 Å². The molecule has 1 N–H and O–H groups in total. The molecule has 0 saturated heterocycles. The molecule has 1 aliphatic heterocycles. The second-order valence-electron chi connectivity index (χ2n) is 4.55. The van der Waals surface area contributed by atoms with Crippen molar-refractivity contribution in [2.45, 2.75) is 26.9 Å². The van der Waals surface area contributed by atoms with Gasteiger partial charge in [0.1, 0.15) is 0 Å². The molecule has 3 rings (SSSR count). The fraction of sp³-hybridized carbons (Fsp3) is 0.385. The third-order valence-electron chi connectivity index (χ3n) is 3.45. The van der Waals surface area contributed by atoms with Gasteiger partial charge in [0.25, 0.3) is 0 Å². The maximum absolute atomic E-state index is 6.36. The lowest BCUT2D eigenvalue weighted by molar-refractivity contribution is 0.505. The van der Waals surface area contributed by atoms with Crippen LogP contribution < -0.4 is 5.32 Å². The predicted octanol–water partition coefficient (Wildman–Crippen LogP) is 3.01. The summed E-state index contributed by atoms with van der Waals surface area (Å²) in [6.45, 7) is 6.24. The molecule has 0 amide bonds. The Labute approximate surface area is 100 Å². The number of nitrogens with zero attached hydrogens (tertiary/aromatic N) is 1. The van der Waals surface area contributed by atoms with Crippen molar-refractivity contribution in [2.24, 2.45) is 0 Å². The minimum absolute atomic E-state index is 0.869. The molecule has 2 aromatic rings. The molecule has 0 aliphatic carbocycles. The van der Waals surface area contributed by atoms with Gasteiger partial charge >= 0.3 is 0 Å². The van der Waals surface area contributed by atoms with Gasteiger partial charge in [-0.25, -0.2) is 0 Å². The Morgan fingerprint density at radius 3 is 2.94 bits per heavy atom. The number of hydrogen-bond donors (Lipinski definition) is 1. The number of aryl methyl sites for hydroxylation is 2. The minimum atomic E-state index is 0.869. The van der Waals surface area contributed by atoms with Gasteiger partial charge < -0.3 is 4.57 Å². The fourth-order valence-electron chi connectivity index (χ4n) is 2.68. The average molecular weight is 235 g/mol. The molecule has 1 aromatic heterocycles. The van der Waals surface area contributed by atoms with Gasteiger partial charge in [-0.2, -0.15) is 0 Å². The van der Waals surface area contributed by atoms with E-state index in [0.29, 0.717) is 0 Å². The van der Waals surface area contributed by atoms with E-state index in [1.807, 2.05) is 6.07 Å². The molecule has 3 heteroatoms. The summed E-state index contributed by atoms with van der Waals surface area (Å²) < 4.78 is 2.32. The zero-order valence-corrected chi connectivity index (χ0v) is 10.4. The molecular weight excluding hydrogens is 220 g/mol. The highest BCUT2D eigenvalue weighted by molar-refractivity contribution is 6.35. The van der Waals surface area contributed by atoms with E-state index in [2.05, 4.69) is 29.8 Å². The van der Waals surface area contributed by atoms with Crippen LogP contribution in [0.25, 0.3) is 10.9 Å². The van der Waals surface area contributed by atoms with Crippen LogP contribution in [0.15, 0.2) is 12.1 Å². The van der Waals surface area contributed by atoms with E-state index >= 15 is 0 Å². The normalized spacial score (nSPS) is 15.4. The lowest BCUT2D eigenvalue weighted by Crippen LogP contribution is -2.28. The smallest absolute Gasteiger partial charge is 0.0729 e. The van der Waals surface area contributed by atoms with Crippen LogP contribution in [0.1, 0.15) is 16.8 Å². The predicted molar refractivity (Wildman–Crippen MR) is 68.1 cm³/mol. The first-order chi connectivity index (χ1) is 7.68. The number of halogens is 1. The monoisotopic (exact) mass is 234 g/mol. The van der Waals surface area contributed by atoms with Gasteiger partial charge in [0.15, 0.2) is 0 Å². The second kappa shape index (κ2) is 3.51. The summed E-state index contributed by atoms with van der Waals surface area (Å²) in [4.78, 5) is 0. The summed E-state index contributed by atoms with van der Waals surface area (Å²) in [7, 11) is 0. The van der Waals surface area contributed by atoms with Gasteiger partial charge in [0.2, 0.25) is 0 Å². The summed E-state index contributed by atoms with van der Waals surface area (Å²) in [5.74, 6) is 0. The Kier molecular flexibility index (Phi) is 2.23. The Balaban J connectivity index is 2.44. The Morgan fingerprint density at radius 2 is 2.12 bits per heavy atom. The van der Waals surface area contributed by atoms with Crippen LogP contribution in [-0.4, -0.2) is 11.1 Å². The van der Waals surface area contributed by atoms with Crippen molar-refractivity contribution < 1.29 is 0 Å². The van der Waals surface area contributed by atoms with Crippen LogP contribution in [0.2, 0.25) is 5.02 Å². The van der Waals surface area contributed by atoms with Gasteiger partial charge in [-0.1, -0.05) is 11.6 Å². The van der Waals surface area contributed by atoms with E-state index in [0.717, 1.165) is 24.7 Å². The molecule has 1 aliphatic rings. The molecular formula is C13H15ClN2. The molecule has 0 bridgehead atoms. The van der Waals surface area contributed by atoms with Gasteiger partial charge in [-0.15, -0.1) is 0 Å². The number of fused-ring (bicyclic) bond motifs is 3. The minimum Gasteiger partial charge on any atom is -0.330 e. The number of benzene rings is 1. The molecule has 0 fully saturated rings. The lowest BCUT2D eigenvalue weighted by atomic mass is 10.1. The Bertz CT molecular complexity index is 569. The fourth-order valence-corrected chi connectivity index (χ4v) is 3.06. The van der Waals surface area contributed by atoms with E-state index in [1.165, 1.54) is 27.7 Å². The van der Waals surface area contributed by atoms with E-state index in [4.69, 9.17) is 11.6 Å². The quantitative estimate of drug-likeness (QED) is 0.742. The van der Waals surface area contributed by atoms with Crippen LogP contribution in [0.4, 0.5) is 0 Å². The Hall–Kier alpha value is -0.990. The first-order valence-corrected chi connectivity index (χ1v) is 6.05. The van der Waals surface area contributed by atoms with Crippen molar-refractivity contribution in [3.63, 3.8) is 0 Å². The standard InChI is InChI=1S/C13H15ClN2/c1-8-5-10-9(2)12-3-4-15-7-16(12)13(10)11(14)6-8/h5-6,15H,3-4,7H2,1-2H3. The number of aromatic nitrogens is 1. The third kappa shape index (κ3) is 1.30. The summed E-state index contributed by atoms with van der Waals surface area (Å²) in [5.41, 5.74) is 5.24. The molecule has 0 atom stereocenters. The van der Waals surface area contributed by atoms with Crippen LogP contribution in [0.5, 0.6) is 0 Å². The third-order valence-corrected chi connectivity index (χ3v) is 3.74. The molecule has 1 aromatic carbocycles. The van der Waals surface area contributed by atoms with Gasteiger partial charge in [-0.05, 0) is 37.1 Å². The summed E-state index contributed by atoms with van der Waals surface area (Å²) in [5, 5.41) is 5.57. The first kappa shape index (κ1) is 10.2. The van der Waals surface area contributed by atoms with E-state index in [9.17, 15) is 0 Å². The van der Waals surface area contributed by atoms with Crippen molar-refractivity contribution in [1.82, 2.24) is 9.88 Å². The van der Waals surface area contributed by atoms with E-state index in [-0.39, 0.29) is 0 Å². The number of nitrogens with one attached hydrogen (secondary N) is 1. The molecule has 0 unspecified atom stereocenters. The maximum Gasteiger partial charge on any atom is 0.0729 e. The molecule has 16 heavy (non-hydrogen) atoms. The van der Waals surface area contributed by atoms with Crippen LogP contribution >= 0.6 is 11.6 Å². The zero-order chi connectivity index (χ0) is 11.3. The maximum atomic E-state index is 6.36. The van der Waals surface area contributed by atoms with Crippen LogP contribution in [0.3, 0.4) is 0 Å². The van der Waals surface area contributed by atoms with Crippen molar-refractivity contribution in [3.8, 4) is 0 Å². The lowest BCUT2D eigenvalue weighted by Gasteiger charge is -2.18. The molecule has 0 saturated carbocycles. The summed E-state index contributed by atoms with van der Waals surface area (Å²) in [6.07, 6.45) is 1.09. The first-order valence-electron chi connectivity index (χ1n) is 5.67. The summed E-state index contributed by atoms with van der Waals surface area (Å²) in [6, 6.07) is 4.28. The number of hydrogen-bond acceptors (Lipinski definition) is 1. The SMILES string of the molecule is Cc1cc(Cl)c2c(c1)c(C)c1n2CNCC1. The van der Waals surface area contributed by atoms with Crippen LogP contribution in [-0.2, 0) is 13.1 Å². The second-order valence-corrected chi connectivity index (χ2v) is 4.96. The summed E-state index contributed by atoms with van der Waals surface area (Å²) >= 11 is 6.36. The van der Waals surface area contributed by atoms with Crippen LogP contribution in [0, 0.1) is 13.8 Å². The molecule has 0 radical (unpaired) electrons. The van der Waals surface area contributed by atoms with Gasteiger partial charge in [-0.3, -0.25) is 5.32 Å². The highest BCUT2D eigenvalue weighted by Crippen LogP contribution is 2.33. The van der Waals surface area contributed by atoms with Crippen molar-refractivity contribution >= 4 is 22.5 Å². The molecule has 0 spiro atoms. The molecule has 2 heterocycles. The van der Waals surface area contributed by atoms with E-state index < -0.39 is 0 Å². The zero-order valence-electron chi connectivity index (χ0n) is 9.60.